The van der Waals surface area contributed by atoms with Crippen molar-refractivity contribution in [1.82, 2.24) is 0 Å². The fourth-order valence-electron chi connectivity index (χ4n) is 0.921. The number of thioether (sulfide) groups is 1. The van der Waals surface area contributed by atoms with Crippen molar-refractivity contribution >= 4 is 23.7 Å². The summed E-state index contributed by atoms with van der Waals surface area (Å²) >= 11 is 1.29. The largest absolute Gasteiger partial charge is 0.463 e. The first kappa shape index (κ1) is 16.0. The lowest BCUT2D eigenvalue weighted by molar-refractivity contribution is -0.151. The second-order valence-corrected chi connectivity index (χ2v) is 5.39. The highest BCUT2D eigenvalue weighted by molar-refractivity contribution is 8.00. The van der Waals surface area contributed by atoms with Crippen LogP contribution >= 0.6 is 11.8 Å². The molecule has 4 nitrogen and oxygen atoms in total. The maximum atomic E-state index is 11.3. The minimum Gasteiger partial charge on any atom is -0.463 e. The fourth-order valence-corrected chi connectivity index (χ4v) is 1.61. The third kappa shape index (κ3) is 8.80. The zero-order chi connectivity index (χ0) is 13.5. The zero-order valence-corrected chi connectivity index (χ0v) is 11.7. The van der Waals surface area contributed by atoms with Crippen LogP contribution in [0.4, 0.5) is 0 Å². The van der Waals surface area contributed by atoms with Crippen molar-refractivity contribution in [3.8, 4) is 0 Å². The van der Waals surface area contributed by atoms with Gasteiger partial charge in [0.05, 0.1) is 12.4 Å². The van der Waals surface area contributed by atoms with Gasteiger partial charge in [-0.3, -0.25) is 4.79 Å². The molecule has 0 aromatic carbocycles. The van der Waals surface area contributed by atoms with E-state index >= 15 is 0 Å². The molecule has 0 saturated heterocycles. The summed E-state index contributed by atoms with van der Waals surface area (Å²) in [5.41, 5.74) is -0.115. The van der Waals surface area contributed by atoms with Crippen LogP contribution in [0.15, 0.2) is 12.2 Å². The van der Waals surface area contributed by atoms with Crippen LogP contribution in [0.3, 0.4) is 0 Å². The van der Waals surface area contributed by atoms with Crippen LogP contribution in [0.5, 0.6) is 0 Å². The van der Waals surface area contributed by atoms with Crippen molar-refractivity contribution < 1.29 is 19.1 Å². The van der Waals surface area contributed by atoms with Crippen molar-refractivity contribution in [2.45, 2.75) is 33.3 Å². The number of hydrogen-bond donors (Lipinski definition) is 0. The average molecular weight is 260 g/mol. The van der Waals surface area contributed by atoms with E-state index < -0.39 is 11.6 Å². The number of carbonyl (C=O) groups is 2. The molecule has 5 heteroatoms. The van der Waals surface area contributed by atoms with E-state index in [1.165, 1.54) is 11.8 Å². The van der Waals surface area contributed by atoms with Crippen LogP contribution in [0, 0.1) is 0 Å². The molecule has 0 atom stereocenters. The predicted octanol–water partition coefficient (Wildman–Crippen LogP) is 2.18. The van der Waals surface area contributed by atoms with Crippen molar-refractivity contribution in [3.63, 3.8) is 0 Å². The SMILES string of the molecule is C=C(CSCC(=O)OC(C)(C)C)C(=O)OCC. The molecule has 0 bridgehead atoms. The molecule has 0 aliphatic heterocycles. The number of rotatable bonds is 6. The highest BCUT2D eigenvalue weighted by Gasteiger charge is 2.16. The standard InChI is InChI=1S/C12H20O4S/c1-6-15-11(14)9(2)7-17-8-10(13)16-12(3,4)5/h2,6-8H2,1,3-5H3. The first-order valence-corrected chi connectivity index (χ1v) is 6.56. The summed E-state index contributed by atoms with van der Waals surface area (Å²) in [7, 11) is 0. The summed E-state index contributed by atoms with van der Waals surface area (Å²) in [5.74, 6) is -0.128. The van der Waals surface area contributed by atoms with Crippen LogP contribution in [0.1, 0.15) is 27.7 Å². The van der Waals surface area contributed by atoms with Crippen LogP contribution in [-0.2, 0) is 19.1 Å². The Morgan fingerprint density at radius 1 is 1.24 bits per heavy atom. The summed E-state index contributed by atoms with van der Waals surface area (Å²) in [5, 5.41) is 0. The van der Waals surface area contributed by atoms with Gasteiger partial charge < -0.3 is 9.47 Å². The van der Waals surface area contributed by atoms with Crippen molar-refractivity contribution in [3.05, 3.63) is 12.2 Å². The molecule has 0 aliphatic rings. The third-order valence-corrected chi connectivity index (χ3v) is 2.47. The first-order valence-electron chi connectivity index (χ1n) is 5.40. The zero-order valence-electron chi connectivity index (χ0n) is 10.9. The summed E-state index contributed by atoms with van der Waals surface area (Å²) in [6.45, 7) is 11.1. The molecule has 0 amide bonds. The number of ether oxygens (including phenoxy) is 2. The molecule has 0 saturated carbocycles. The molecule has 0 unspecified atom stereocenters. The van der Waals surface area contributed by atoms with Crippen LogP contribution in [0.2, 0.25) is 0 Å². The van der Waals surface area contributed by atoms with Crippen LogP contribution < -0.4 is 0 Å². The molecular formula is C12H20O4S. The van der Waals surface area contributed by atoms with Crippen molar-refractivity contribution in [2.75, 3.05) is 18.1 Å². The van der Waals surface area contributed by atoms with Gasteiger partial charge in [-0.25, -0.2) is 4.79 Å². The van der Waals surface area contributed by atoms with Gasteiger partial charge in [0, 0.05) is 11.3 Å². The van der Waals surface area contributed by atoms with Crippen LogP contribution in [0.25, 0.3) is 0 Å². The molecule has 0 radical (unpaired) electrons. The lowest BCUT2D eigenvalue weighted by Crippen LogP contribution is -2.25. The van der Waals surface area contributed by atoms with Crippen LogP contribution in [-0.4, -0.2) is 35.7 Å². The van der Waals surface area contributed by atoms with E-state index in [1.54, 1.807) is 6.92 Å². The van der Waals surface area contributed by atoms with Gasteiger partial charge >= 0.3 is 11.9 Å². The molecule has 0 fully saturated rings. The molecule has 98 valence electrons. The van der Waals surface area contributed by atoms with E-state index in [4.69, 9.17) is 9.47 Å². The molecule has 0 rings (SSSR count). The molecule has 17 heavy (non-hydrogen) atoms. The first-order chi connectivity index (χ1) is 7.76. The van der Waals surface area contributed by atoms with Gasteiger partial charge in [-0.1, -0.05) is 6.58 Å². The molecular weight excluding hydrogens is 240 g/mol. The molecule has 0 aromatic rings. The normalized spacial score (nSPS) is 10.8. The van der Waals surface area contributed by atoms with Gasteiger partial charge in [0.15, 0.2) is 0 Å². The molecule has 0 aliphatic carbocycles. The Bertz CT molecular complexity index is 291. The predicted molar refractivity (Wildman–Crippen MR) is 68.9 cm³/mol. The van der Waals surface area contributed by atoms with Gasteiger partial charge in [0.1, 0.15) is 5.60 Å². The highest BCUT2D eigenvalue weighted by Crippen LogP contribution is 2.12. The van der Waals surface area contributed by atoms with Gasteiger partial charge in [0.25, 0.3) is 0 Å². The minimum atomic E-state index is -0.476. The van der Waals surface area contributed by atoms with E-state index in [0.29, 0.717) is 17.9 Å². The van der Waals surface area contributed by atoms with E-state index in [1.807, 2.05) is 20.8 Å². The average Bonchev–Trinajstić information content (AvgIpc) is 2.14. The summed E-state index contributed by atoms with van der Waals surface area (Å²) in [4.78, 5) is 22.5. The summed E-state index contributed by atoms with van der Waals surface area (Å²) in [6, 6.07) is 0. The number of hydrogen-bond acceptors (Lipinski definition) is 5. The van der Waals surface area contributed by atoms with Gasteiger partial charge in [0.2, 0.25) is 0 Å². The fraction of sp³-hybridized carbons (Fsp3) is 0.667. The van der Waals surface area contributed by atoms with Gasteiger partial charge in [-0.2, -0.15) is 0 Å². The molecule has 0 heterocycles. The Hall–Kier alpha value is -0.970. The Labute approximate surface area is 107 Å². The monoisotopic (exact) mass is 260 g/mol. The van der Waals surface area contributed by atoms with E-state index in [0.717, 1.165) is 0 Å². The Morgan fingerprint density at radius 3 is 2.29 bits per heavy atom. The Kier molecular flexibility index (Phi) is 6.95. The lowest BCUT2D eigenvalue weighted by atomic mass is 10.2. The summed E-state index contributed by atoms with van der Waals surface area (Å²) in [6.07, 6.45) is 0. The van der Waals surface area contributed by atoms with E-state index in [-0.39, 0.29) is 11.7 Å². The molecule has 0 spiro atoms. The smallest absolute Gasteiger partial charge is 0.334 e. The second kappa shape index (κ2) is 7.37. The maximum Gasteiger partial charge on any atom is 0.334 e. The topological polar surface area (TPSA) is 52.6 Å². The maximum absolute atomic E-state index is 11.3. The third-order valence-electron chi connectivity index (χ3n) is 1.48. The molecule has 0 N–H and O–H groups in total. The highest BCUT2D eigenvalue weighted by atomic mass is 32.2. The Morgan fingerprint density at radius 2 is 1.82 bits per heavy atom. The van der Waals surface area contributed by atoms with E-state index in [9.17, 15) is 9.59 Å². The van der Waals surface area contributed by atoms with Gasteiger partial charge in [-0.15, -0.1) is 11.8 Å². The quantitative estimate of drug-likeness (QED) is 0.541. The van der Waals surface area contributed by atoms with Crippen molar-refractivity contribution in [2.24, 2.45) is 0 Å². The van der Waals surface area contributed by atoms with E-state index in [2.05, 4.69) is 6.58 Å². The number of carbonyl (C=O) groups excluding carboxylic acids is 2. The lowest BCUT2D eigenvalue weighted by Gasteiger charge is -2.19. The second-order valence-electron chi connectivity index (χ2n) is 4.40. The summed E-state index contributed by atoms with van der Waals surface area (Å²) < 4.78 is 9.90. The van der Waals surface area contributed by atoms with Gasteiger partial charge in [-0.05, 0) is 27.7 Å². The minimum absolute atomic E-state index is 0.204. The Balaban J connectivity index is 3.81. The molecule has 0 aromatic heterocycles. The number of esters is 2. The van der Waals surface area contributed by atoms with Crippen molar-refractivity contribution in [1.29, 1.82) is 0 Å².